The number of aromatic nitrogens is 1. The van der Waals surface area contributed by atoms with E-state index in [1.807, 2.05) is 19.1 Å². The quantitative estimate of drug-likeness (QED) is 0.825. The first-order chi connectivity index (χ1) is 7.79. The lowest BCUT2D eigenvalue weighted by Gasteiger charge is -2.23. The second kappa shape index (κ2) is 4.98. The molecule has 0 aliphatic heterocycles. The van der Waals surface area contributed by atoms with Crippen molar-refractivity contribution in [3.05, 3.63) is 23.4 Å². The maximum atomic E-state index is 9.01. The molecule has 1 aromatic heterocycles. The zero-order chi connectivity index (χ0) is 11.4. The van der Waals surface area contributed by atoms with Crippen LogP contribution in [0.4, 0.5) is 5.82 Å². The van der Waals surface area contributed by atoms with E-state index in [2.05, 4.69) is 16.4 Å². The van der Waals surface area contributed by atoms with E-state index in [0.717, 1.165) is 11.5 Å². The van der Waals surface area contributed by atoms with E-state index in [1.54, 1.807) is 0 Å². The molecule has 0 radical (unpaired) electrons. The molecule has 3 nitrogen and oxygen atoms in total. The molecule has 3 heteroatoms. The van der Waals surface area contributed by atoms with Crippen LogP contribution in [0.25, 0.3) is 0 Å². The fourth-order valence-electron chi connectivity index (χ4n) is 2.20. The summed E-state index contributed by atoms with van der Waals surface area (Å²) in [5.74, 6) is 0.759. The van der Waals surface area contributed by atoms with Crippen molar-refractivity contribution in [2.24, 2.45) is 0 Å². The highest BCUT2D eigenvalue weighted by Crippen LogP contribution is 2.22. The smallest absolute Gasteiger partial charge is 0.144 e. The number of pyridine rings is 1. The molecule has 0 saturated heterocycles. The van der Waals surface area contributed by atoms with E-state index >= 15 is 0 Å². The van der Waals surface area contributed by atoms with Crippen LogP contribution in [0.5, 0.6) is 0 Å². The molecule has 1 heterocycles. The predicted molar refractivity (Wildman–Crippen MR) is 64.2 cm³/mol. The first-order valence-corrected chi connectivity index (χ1v) is 5.94. The lowest BCUT2D eigenvalue weighted by molar-refractivity contribution is 0.461. The Morgan fingerprint density at radius 3 is 2.75 bits per heavy atom. The van der Waals surface area contributed by atoms with Gasteiger partial charge in [0.25, 0.3) is 0 Å². The van der Waals surface area contributed by atoms with E-state index in [-0.39, 0.29) is 0 Å². The van der Waals surface area contributed by atoms with Gasteiger partial charge in [0.1, 0.15) is 11.9 Å². The van der Waals surface area contributed by atoms with Crippen molar-refractivity contribution in [2.75, 3.05) is 5.32 Å². The van der Waals surface area contributed by atoms with Crippen molar-refractivity contribution in [1.82, 2.24) is 4.98 Å². The van der Waals surface area contributed by atoms with Crippen molar-refractivity contribution in [3.8, 4) is 6.07 Å². The second-order valence-electron chi connectivity index (χ2n) is 4.44. The fourth-order valence-corrected chi connectivity index (χ4v) is 2.20. The van der Waals surface area contributed by atoms with Gasteiger partial charge in [0, 0.05) is 11.7 Å². The summed E-state index contributed by atoms with van der Waals surface area (Å²) in [7, 11) is 0. The summed E-state index contributed by atoms with van der Waals surface area (Å²) in [6.07, 6.45) is 6.29. The number of hydrogen-bond donors (Lipinski definition) is 1. The minimum absolute atomic E-state index is 0.496. The lowest BCUT2D eigenvalue weighted by atomic mass is 9.95. The molecule has 1 aromatic rings. The number of rotatable bonds is 2. The maximum absolute atomic E-state index is 9.01. The van der Waals surface area contributed by atoms with Crippen LogP contribution >= 0.6 is 0 Å². The predicted octanol–water partition coefficient (Wildman–Crippen LogP) is 3.01. The van der Waals surface area contributed by atoms with Gasteiger partial charge in [-0.05, 0) is 31.9 Å². The zero-order valence-electron chi connectivity index (χ0n) is 9.66. The van der Waals surface area contributed by atoms with Crippen molar-refractivity contribution in [3.63, 3.8) is 0 Å². The Morgan fingerprint density at radius 2 is 2.06 bits per heavy atom. The average molecular weight is 215 g/mol. The van der Waals surface area contributed by atoms with Gasteiger partial charge in [-0.1, -0.05) is 19.3 Å². The standard InChI is InChI=1S/C13H17N3/c1-10-7-8-11(9-14)13(15-10)16-12-5-3-2-4-6-12/h7-8,12H,2-6H2,1H3,(H,15,16). The normalized spacial score (nSPS) is 16.8. The molecular formula is C13H17N3. The molecule has 1 aliphatic carbocycles. The van der Waals surface area contributed by atoms with Crippen molar-refractivity contribution in [1.29, 1.82) is 5.26 Å². The van der Waals surface area contributed by atoms with Crippen molar-refractivity contribution >= 4 is 5.82 Å². The van der Waals surface area contributed by atoms with E-state index < -0.39 is 0 Å². The summed E-state index contributed by atoms with van der Waals surface area (Å²) in [5.41, 5.74) is 1.61. The summed E-state index contributed by atoms with van der Waals surface area (Å²) < 4.78 is 0. The minimum Gasteiger partial charge on any atom is -0.366 e. The van der Waals surface area contributed by atoms with Gasteiger partial charge < -0.3 is 5.32 Å². The number of aryl methyl sites for hydroxylation is 1. The third-order valence-corrected chi connectivity index (χ3v) is 3.10. The van der Waals surface area contributed by atoms with Gasteiger partial charge in [0.15, 0.2) is 0 Å². The largest absolute Gasteiger partial charge is 0.366 e. The first kappa shape index (κ1) is 10.9. The van der Waals surface area contributed by atoms with E-state index in [9.17, 15) is 0 Å². The molecule has 84 valence electrons. The Labute approximate surface area is 96.5 Å². The minimum atomic E-state index is 0.496. The summed E-state index contributed by atoms with van der Waals surface area (Å²) >= 11 is 0. The molecule has 2 rings (SSSR count). The monoisotopic (exact) mass is 215 g/mol. The lowest BCUT2D eigenvalue weighted by Crippen LogP contribution is -2.23. The molecule has 0 unspecified atom stereocenters. The van der Waals surface area contributed by atoms with E-state index in [0.29, 0.717) is 11.6 Å². The van der Waals surface area contributed by atoms with Crippen LogP contribution in [0.3, 0.4) is 0 Å². The average Bonchev–Trinajstić information content (AvgIpc) is 2.31. The van der Waals surface area contributed by atoms with Gasteiger partial charge in [-0.3, -0.25) is 0 Å². The topological polar surface area (TPSA) is 48.7 Å². The molecule has 1 N–H and O–H groups in total. The van der Waals surface area contributed by atoms with Crippen LogP contribution < -0.4 is 5.32 Å². The van der Waals surface area contributed by atoms with Gasteiger partial charge in [0.05, 0.1) is 5.56 Å². The van der Waals surface area contributed by atoms with E-state index in [1.165, 1.54) is 32.1 Å². The summed E-state index contributed by atoms with van der Waals surface area (Å²) in [4.78, 5) is 4.40. The van der Waals surface area contributed by atoms with Crippen molar-refractivity contribution in [2.45, 2.75) is 45.1 Å². The second-order valence-corrected chi connectivity index (χ2v) is 4.44. The molecule has 0 bridgehead atoms. The first-order valence-electron chi connectivity index (χ1n) is 5.94. The van der Waals surface area contributed by atoms with Crippen LogP contribution in [0, 0.1) is 18.3 Å². The van der Waals surface area contributed by atoms with Crippen molar-refractivity contribution < 1.29 is 0 Å². The number of nitrogens with zero attached hydrogens (tertiary/aromatic N) is 2. The highest BCUT2D eigenvalue weighted by molar-refractivity contribution is 5.52. The highest BCUT2D eigenvalue weighted by Gasteiger charge is 2.15. The molecule has 0 atom stereocenters. The van der Waals surface area contributed by atoms with Crippen LogP contribution in [0.2, 0.25) is 0 Å². The molecule has 1 saturated carbocycles. The number of nitrogens with one attached hydrogen (secondary N) is 1. The summed E-state index contributed by atoms with van der Waals surface area (Å²) in [6.45, 7) is 1.95. The Balaban J connectivity index is 2.13. The van der Waals surface area contributed by atoms with Crippen LogP contribution in [0.15, 0.2) is 12.1 Å². The summed E-state index contributed by atoms with van der Waals surface area (Å²) in [6, 6.07) is 6.40. The van der Waals surface area contributed by atoms with Gasteiger partial charge in [0.2, 0.25) is 0 Å². The Bertz CT molecular complexity index is 400. The number of hydrogen-bond acceptors (Lipinski definition) is 3. The zero-order valence-corrected chi connectivity index (χ0v) is 9.66. The van der Waals surface area contributed by atoms with Gasteiger partial charge >= 0.3 is 0 Å². The molecule has 0 spiro atoms. The molecule has 0 aromatic carbocycles. The Kier molecular flexibility index (Phi) is 3.40. The fraction of sp³-hybridized carbons (Fsp3) is 0.538. The Hall–Kier alpha value is -1.56. The third kappa shape index (κ3) is 2.52. The highest BCUT2D eigenvalue weighted by atomic mass is 15.0. The number of anilines is 1. The van der Waals surface area contributed by atoms with Gasteiger partial charge in [-0.15, -0.1) is 0 Å². The van der Waals surface area contributed by atoms with Crippen LogP contribution in [-0.4, -0.2) is 11.0 Å². The van der Waals surface area contributed by atoms with Crippen LogP contribution in [-0.2, 0) is 0 Å². The molecule has 1 fully saturated rings. The molecular weight excluding hydrogens is 198 g/mol. The van der Waals surface area contributed by atoms with Gasteiger partial charge in [-0.2, -0.15) is 5.26 Å². The third-order valence-electron chi connectivity index (χ3n) is 3.10. The van der Waals surface area contributed by atoms with E-state index in [4.69, 9.17) is 5.26 Å². The summed E-state index contributed by atoms with van der Waals surface area (Å²) in [5, 5.41) is 12.4. The van der Waals surface area contributed by atoms with Gasteiger partial charge in [-0.25, -0.2) is 4.98 Å². The molecule has 16 heavy (non-hydrogen) atoms. The Morgan fingerprint density at radius 1 is 1.31 bits per heavy atom. The molecule has 0 amide bonds. The molecule has 1 aliphatic rings. The number of nitriles is 1. The maximum Gasteiger partial charge on any atom is 0.144 e. The SMILES string of the molecule is Cc1ccc(C#N)c(NC2CCCCC2)n1. The van der Waals surface area contributed by atoms with Crippen LogP contribution in [0.1, 0.15) is 43.4 Å².